The molecule has 0 saturated carbocycles. The number of hydrogen-bond donors (Lipinski definition) is 1. The molecule has 1 saturated heterocycles. The molecule has 0 aliphatic carbocycles. The Morgan fingerprint density at radius 2 is 1.88 bits per heavy atom. The molecule has 1 aliphatic rings. The molecule has 1 rings (SSSR count). The van der Waals surface area contributed by atoms with E-state index in [2.05, 4.69) is 12.2 Å². The van der Waals surface area contributed by atoms with E-state index < -0.39 is 0 Å². The van der Waals surface area contributed by atoms with Gasteiger partial charge in [-0.2, -0.15) is 0 Å². The van der Waals surface area contributed by atoms with Crippen LogP contribution < -0.4 is 5.32 Å². The fourth-order valence-electron chi connectivity index (χ4n) is 2.96. The predicted octanol–water partition coefficient (Wildman–Crippen LogP) is 1.42. The molecule has 0 aromatic rings. The highest BCUT2D eigenvalue weighted by Crippen LogP contribution is 2.19. The Morgan fingerprint density at radius 3 is 2.38 bits per heavy atom. The zero-order chi connectivity index (χ0) is 18.3. The Hall–Kier alpha value is -1.85. The molecule has 6 nitrogen and oxygen atoms in total. The minimum absolute atomic E-state index is 0.0337. The lowest BCUT2D eigenvalue weighted by Gasteiger charge is -2.32. The Kier molecular flexibility index (Phi) is 7.95. The van der Waals surface area contributed by atoms with E-state index in [9.17, 15) is 14.4 Å². The number of amides is 3. The standard InChI is InChI=1S/C18H31N3O3/c1-13(2)16(20(5)17(23)11-19-12-22)10-15(4)18(24)21-8-6-14(3)7-9-21/h10,12-14,16H,6-9,11H2,1-5H3,(H,19,22)/t16-/m1/s1. The van der Waals surface area contributed by atoms with Crippen molar-refractivity contribution in [3.05, 3.63) is 11.6 Å². The molecule has 1 N–H and O–H groups in total. The molecule has 1 heterocycles. The van der Waals surface area contributed by atoms with Crippen LogP contribution in [0, 0.1) is 11.8 Å². The molecule has 0 unspecified atom stereocenters. The van der Waals surface area contributed by atoms with Crippen molar-refractivity contribution in [1.29, 1.82) is 0 Å². The van der Waals surface area contributed by atoms with Crippen molar-refractivity contribution in [3.8, 4) is 0 Å². The van der Waals surface area contributed by atoms with Crippen molar-refractivity contribution in [2.24, 2.45) is 11.8 Å². The largest absolute Gasteiger partial charge is 0.350 e. The van der Waals surface area contributed by atoms with Crippen molar-refractivity contribution in [2.75, 3.05) is 26.7 Å². The number of rotatable bonds is 7. The van der Waals surface area contributed by atoms with Gasteiger partial charge in [-0.1, -0.05) is 26.8 Å². The Bertz CT molecular complexity index is 480. The average molecular weight is 337 g/mol. The lowest BCUT2D eigenvalue weighted by molar-refractivity contribution is -0.132. The van der Waals surface area contributed by atoms with E-state index in [0.29, 0.717) is 17.9 Å². The summed E-state index contributed by atoms with van der Waals surface area (Å²) >= 11 is 0. The molecule has 0 aromatic carbocycles. The van der Waals surface area contributed by atoms with E-state index in [1.807, 2.05) is 31.7 Å². The number of likely N-dealkylation sites (N-methyl/N-ethyl adjacent to an activating group) is 1. The SMILES string of the molecule is CC(=C[C@H](C(C)C)N(C)C(=O)CNC=O)C(=O)N1CCC(C)CC1. The minimum Gasteiger partial charge on any atom is -0.350 e. The van der Waals surface area contributed by atoms with Crippen LogP contribution in [0.1, 0.15) is 40.5 Å². The summed E-state index contributed by atoms with van der Waals surface area (Å²) in [6.45, 7) is 9.63. The van der Waals surface area contributed by atoms with E-state index in [1.165, 1.54) is 0 Å². The number of carbonyl (C=O) groups excluding carboxylic acids is 3. The number of carbonyl (C=O) groups is 3. The van der Waals surface area contributed by atoms with E-state index in [0.717, 1.165) is 25.9 Å². The second kappa shape index (κ2) is 9.45. The summed E-state index contributed by atoms with van der Waals surface area (Å²) in [7, 11) is 1.70. The summed E-state index contributed by atoms with van der Waals surface area (Å²) in [6.07, 6.45) is 4.48. The van der Waals surface area contributed by atoms with Crippen molar-refractivity contribution in [2.45, 2.75) is 46.6 Å². The van der Waals surface area contributed by atoms with Crippen LogP contribution in [0.2, 0.25) is 0 Å². The lowest BCUT2D eigenvalue weighted by atomic mass is 9.97. The normalized spacial score (nSPS) is 17.6. The number of likely N-dealkylation sites (tertiary alicyclic amines) is 1. The molecule has 6 heteroatoms. The van der Waals surface area contributed by atoms with Gasteiger partial charge in [0.25, 0.3) is 0 Å². The van der Waals surface area contributed by atoms with E-state index in [1.54, 1.807) is 11.9 Å². The first kappa shape index (κ1) is 20.2. The highest BCUT2D eigenvalue weighted by atomic mass is 16.2. The lowest BCUT2D eigenvalue weighted by Crippen LogP contribution is -2.44. The monoisotopic (exact) mass is 337 g/mol. The van der Waals surface area contributed by atoms with Crippen LogP contribution in [0.4, 0.5) is 0 Å². The zero-order valence-corrected chi connectivity index (χ0v) is 15.5. The molecule has 1 fully saturated rings. The highest BCUT2D eigenvalue weighted by Gasteiger charge is 2.25. The number of hydrogen-bond acceptors (Lipinski definition) is 3. The summed E-state index contributed by atoms with van der Waals surface area (Å²) in [5, 5.41) is 2.39. The molecule has 3 amide bonds. The second-order valence-corrected chi connectivity index (χ2v) is 7.06. The molecular formula is C18H31N3O3. The topological polar surface area (TPSA) is 69.7 Å². The van der Waals surface area contributed by atoms with Gasteiger partial charge in [0.1, 0.15) is 0 Å². The molecule has 136 valence electrons. The van der Waals surface area contributed by atoms with Crippen molar-refractivity contribution >= 4 is 18.2 Å². The van der Waals surface area contributed by atoms with Crippen molar-refractivity contribution in [3.63, 3.8) is 0 Å². The summed E-state index contributed by atoms with van der Waals surface area (Å²) < 4.78 is 0. The van der Waals surface area contributed by atoms with Gasteiger partial charge >= 0.3 is 0 Å². The fraction of sp³-hybridized carbons (Fsp3) is 0.722. The summed E-state index contributed by atoms with van der Waals surface area (Å²) in [5.74, 6) is 0.721. The van der Waals surface area contributed by atoms with Gasteiger partial charge < -0.3 is 15.1 Å². The van der Waals surface area contributed by atoms with E-state index in [-0.39, 0.29) is 30.3 Å². The Balaban J connectivity index is 2.80. The third kappa shape index (κ3) is 5.65. The molecule has 0 bridgehead atoms. The van der Waals surface area contributed by atoms with Gasteiger partial charge in [-0.05, 0) is 31.6 Å². The maximum atomic E-state index is 12.6. The number of piperidine rings is 1. The van der Waals surface area contributed by atoms with Crippen LogP contribution in [0.25, 0.3) is 0 Å². The van der Waals surface area contributed by atoms with Crippen molar-refractivity contribution < 1.29 is 14.4 Å². The first-order valence-corrected chi connectivity index (χ1v) is 8.68. The molecule has 1 aliphatic heterocycles. The first-order valence-electron chi connectivity index (χ1n) is 8.68. The summed E-state index contributed by atoms with van der Waals surface area (Å²) in [6, 6.07) is -0.182. The highest BCUT2D eigenvalue weighted by molar-refractivity contribution is 5.93. The number of nitrogens with one attached hydrogen (secondary N) is 1. The summed E-state index contributed by atoms with van der Waals surface area (Å²) in [4.78, 5) is 38.6. The van der Waals surface area contributed by atoms with Crippen LogP contribution in [0.15, 0.2) is 11.6 Å². The maximum absolute atomic E-state index is 12.6. The second-order valence-electron chi connectivity index (χ2n) is 7.06. The van der Waals surface area contributed by atoms with Gasteiger partial charge in [0, 0.05) is 25.7 Å². The van der Waals surface area contributed by atoms with Crippen LogP contribution in [0.5, 0.6) is 0 Å². The van der Waals surface area contributed by atoms with Crippen LogP contribution in [-0.2, 0) is 14.4 Å². The van der Waals surface area contributed by atoms with Gasteiger partial charge in [-0.25, -0.2) is 0 Å². The number of nitrogens with zero attached hydrogens (tertiary/aromatic N) is 2. The first-order chi connectivity index (χ1) is 11.3. The smallest absolute Gasteiger partial charge is 0.249 e. The minimum atomic E-state index is -0.182. The molecule has 0 spiro atoms. The molecule has 0 aromatic heterocycles. The molecule has 24 heavy (non-hydrogen) atoms. The fourth-order valence-corrected chi connectivity index (χ4v) is 2.96. The van der Waals surface area contributed by atoms with Crippen LogP contribution in [0.3, 0.4) is 0 Å². The van der Waals surface area contributed by atoms with Crippen molar-refractivity contribution in [1.82, 2.24) is 15.1 Å². The molecule has 1 atom stereocenters. The predicted molar refractivity (Wildman–Crippen MR) is 94.2 cm³/mol. The Labute approximate surface area is 145 Å². The van der Waals surface area contributed by atoms with Gasteiger partial charge in [0.15, 0.2) is 0 Å². The Morgan fingerprint density at radius 1 is 1.29 bits per heavy atom. The van der Waals surface area contributed by atoms with E-state index in [4.69, 9.17) is 0 Å². The average Bonchev–Trinajstić information content (AvgIpc) is 2.56. The van der Waals surface area contributed by atoms with Gasteiger partial charge in [-0.15, -0.1) is 0 Å². The zero-order valence-electron chi connectivity index (χ0n) is 15.5. The van der Waals surface area contributed by atoms with Crippen LogP contribution >= 0.6 is 0 Å². The quantitative estimate of drug-likeness (QED) is 0.564. The third-order valence-corrected chi connectivity index (χ3v) is 4.69. The third-order valence-electron chi connectivity index (χ3n) is 4.69. The van der Waals surface area contributed by atoms with Gasteiger partial charge in [0.2, 0.25) is 18.2 Å². The van der Waals surface area contributed by atoms with Crippen LogP contribution in [-0.4, -0.2) is 60.7 Å². The molecule has 0 radical (unpaired) electrons. The molecular weight excluding hydrogens is 306 g/mol. The summed E-state index contributed by atoms with van der Waals surface area (Å²) in [5.41, 5.74) is 0.672. The van der Waals surface area contributed by atoms with Gasteiger partial charge in [-0.3, -0.25) is 14.4 Å². The van der Waals surface area contributed by atoms with E-state index >= 15 is 0 Å². The van der Waals surface area contributed by atoms with Gasteiger partial charge in [0.05, 0.1) is 12.6 Å². The maximum Gasteiger partial charge on any atom is 0.249 e.